The average Bonchev–Trinajstić information content (AvgIpc) is 2.63. The molecule has 0 saturated carbocycles. The lowest BCUT2D eigenvalue weighted by molar-refractivity contribution is -0.153. The number of ether oxygens (including phenoxy) is 2. The van der Waals surface area contributed by atoms with Crippen LogP contribution in [0.15, 0.2) is 48.5 Å². The van der Waals surface area contributed by atoms with Gasteiger partial charge in [-0.25, -0.2) is 0 Å². The minimum Gasteiger partial charge on any atom is -0.493 e. The van der Waals surface area contributed by atoms with Gasteiger partial charge in [0.25, 0.3) is 5.91 Å². The Morgan fingerprint density at radius 1 is 1.07 bits per heavy atom. The maximum absolute atomic E-state index is 12.5. The Morgan fingerprint density at radius 2 is 1.71 bits per heavy atom. The Bertz CT molecular complexity index is 819. The monoisotopic (exact) mass is 395 g/mol. The fourth-order valence-electron chi connectivity index (χ4n) is 2.26. The van der Waals surface area contributed by atoms with E-state index in [0.29, 0.717) is 5.75 Å². The second-order valence-corrected chi connectivity index (χ2v) is 6.06. The molecule has 0 aliphatic rings. The summed E-state index contributed by atoms with van der Waals surface area (Å²) in [5, 5.41) is 2.40. The smallest absolute Gasteiger partial charge is 0.416 e. The highest BCUT2D eigenvalue weighted by Crippen LogP contribution is 2.29. The number of benzene rings is 2. The van der Waals surface area contributed by atoms with Crippen molar-refractivity contribution in [1.29, 1.82) is 0 Å². The number of hydrogen-bond donors (Lipinski definition) is 1. The Kier molecular flexibility index (Phi) is 7.03. The molecule has 150 valence electrons. The molecule has 0 unspecified atom stereocenters. The maximum atomic E-state index is 12.5. The van der Waals surface area contributed by atoms with Crippen LogP contribution in [0.5, 0.6) is 5.75 Å². The molecular weight excluding hydrogens is 375 g/mol. The third-order valence-electron chi connectivity index (χ3n) is 3.81. The van der Waals surface area contributed by atoms with Crippen LogP contribution in [-0.4, -0.2) is 24.6 Å². The molecule has 0 radical (unpaired) electrons. The van der Waals surface area contributed by atoms with Gasteiger partial charge in [-0.15, -0.1) is 0 Å². The molecular formula is C20H20F3NO4. The fourth-order valence-corrected chi connectivity index (χ4v) is 2.26. The lowest BCUT2D eigenvalue weighted by Crippen LogP contribution is -2.30. The standard InChI is InChI=1S/C20H20F3NO4/c1-13-5-3-4-6-17(13)27-12-11-18(25)28-14(2)19(26)24-16-9-7-15(8-10-16)20(21,22)23/h3-10,14H,11-12H2,1-2H3,(H,24,26)/t14-/m0/s1. The first-order valence-electron chi connectivity index (χ1n) is 8.53. The van der Waals surface area contributed by atoms with Crippen molar-refractivity contribution >= 4 is 17.6 Å². The number of anilines is 1. The molecule has 0 aromatic heterocycles. The lowest BCUT2D eigenvalue weighted by Gasteiger charge is -2.14. The number of alkyl halides is 3. The summed E-state index contributed by atoms with van der Waals surface area (Å²) in [6.07, 6.45) is -5.61. The van der Waals surface area contributed by atoms with Gasteiger partial charge in [-0.3, -0.25) is 9.59 Å². The molecule has 2 aromatic carbocycles. The van der Waals surface area contributed by atoms with Crippen molar-refractivity contribution in [3.05, 3.63) is 59.7 Å². The fraction of sp³-hybridized carbons (Fsp3) is 0.300. The van der Waals surface area contributed by atoms with Crippen molar-refractivity contribution in [1.82, 2.24) is 0 Å². The van der Waals surface area contributed by atoms with Gasteiger partial charge in [0.1, 0.15) is 5.75 Å². The molecule has 8 heteroatoms. The van der Waals surface area contributed by atoms with E-state index >= 15 is 0 Å². The van der Waals surface area contributed by atoms with Gasteiger partial charge in [0.2, 0.25) is 0 Å². The van der Waals surface area contributed by atoms with Crippen LogP contribution in [0.25, 0.3) is 0 Å². The van der Waals surface area contributed by atoms with Crippen LogP contribution in [-0.2, 0) is 20.5 Å². The number of nitrogens with one attached hydrogen (secondary N) is 1. The number of halogens is 3. The van der Waals surface area contributed by atoms with Crippen LogP contribution in [0.3, 0.4) is 0 Å². The van der Waals surface area contributed by atoms with Crippen LogP contribution in [0.1, 0.15) is 24.5 Å². The highest BCUT2D eigenvalue weighted by Gasteiger charge is 2.30. The van der Waals surface area contributed by atoms with Gasteiger partial charge in [0.15, 0.2) is 6.10 Å². The predicted molar refractivity (Wildman–Crippen MR) is 96.9 cm³/mol. The van der Waals surface area contributed by atoms with Crippen LogP contribution < -0.4 is 10.1 Å². The summed E-state index contributed by atoms with van der Waals surface area (Å²) >= 11 is 0. The predicted octanol–water partition coefficient (Wildman–Crippen LogP) is 4.35. The number of esters is 1. The molecule has 0 bridgehead atoms. The molecule has 2 aromatic rings. The number of aryl methyl sites for hydroxylation is 1. The molecule has 0 fully saturated rings. The van der Waals surface area contributed by atoms with E-state index in [1.54, 1.807) is 6.07 Å². The van der Waals surface area contributed by atoms with Gasteiger partial charge in [-0.1, -0.05) is 18.2 Å². The first-order chi connectivity index (χ1) is 13.2. The van der Waals surface area contributed by atoms with E-state index in [1.807, 2.05) is 25.1 Å². The van der Waals surface area contributed by atoms with Crippen molar-refractivity contribution in [2.45, 2.75) is 32.5 Å². The summed E-state index contributed by atoms with van der Waals surface area (Å²) in [5.74, 6) is -0.611. The van der Waals surface area contributed by atoms with Gasteiger partial charge in [0, 0.05) is 5.69 Å². The number of carbonyl (C=O) groups is 2. The molecule has 2 rings (SSSR count). The van der Waals surface area contributed by atoms with Crippen molar-refractivity contribution in [3.63, 3.8) is 0 Å². The zero-order valence-electron chi connectivity index (χ0n) is 15.4. The van der Waals surface area contributed by atoms with E-state index in [9.17, 15) is 22.8 Å². The second-order valence-electron chi connectivity index (χ2n) is 6.06. The van der Waals surface area contributed by atoms with Gasteiger partial charge < -0.3 is 14.8 Å². The van der Waals surface area contributed by atoms with Crippen molar-refractivity contribution < 1.29 is 32.2 Å². The van der Waals surface area contributed by atoms with E-state index in [-0.39, 0.29) is 18.7 Å². The minimum absolute atomic E-state index is 0.0494. The number of hydrogen-bond acceptors (Lipinski definition) is 4. The van der Waals surface area contributed by atoms with Gasteiger partial charge in [-0.2, -0.15) is 13.2 Å². The topological polar surface area (TPSA) is 64.6 Å². The second kappa shape index (κ2) is 9.25. The van der Waals surface area contributed by atoms with Gasteiger partial charge in [-0.05, 0) is 49.7 Å². The Balaban J connectivity index is 1.78. The van der Waals surface area contributed by atoms with Crippen LogP contribution in [0.2, 0.25) is 0 Å². The van der Waals surface area contributed by atoms with Crippen molar-refractivity contribution in [2.24, 2.45) is 0 Å². The minimum atomic E-state index is -4.45. The first kappa shape index (κ1) is 21.3. The van der Waals surface area contributed by atoms with E-state index in [4.69, 9.17) is 9.47 Å². The Hall–Kier alpha value is -3.03. The molecule has 28 heavy (non-hydrogen) atoms. The molecule has 1 atom stereocenters. The average molecular weight is 395 g/mol. The number of amides is 1. The lowest BCUT2D eigenvalue weighted by atomic mass is 10.2. The quantitative estimate of drug-likeness (QED) is 0.708. The third-order valence-corrected chi connectivity index (χ3v) is 3.81. The molecule has 0 heterocycles. The number of carbonyl (C=O) groups excluding carboxylic acids is 2. The molecule has 0 aliphatic heterocycles. The first-order valence-corrected chi connectivity index (χ1v) is 8.53. The highest BCUT2D eigenvalue weighted by atomic mass is 19.4. The van der Waals surface area contributed by atoms with Crippen LogP contribution in [0.4, 0.5) is 18.9 Å². The summed E-state index contributed by atoms with van der Waals surface area (Å²) in [7, 11) is 0. The van der Waals surface area contributed by atoms with Gasteiger partial charge in [0.05, 0.1) is 18.6 Å². The normalized spacial score (nSPS) is 12.2. The summed E-state index contributed by atoms with van der Waals surface area (Å²) in [4.78, 5) is 23.9. The van der Waals surface area contributed by atoms with Crippen LogP contribution in [0, 0.1) is 6.92 Å². The largest absolute Gasteiger partial charge is 0.493 e. The number of rotatable bonds is 7. The van der Waals surface area contributed by atoms with Gasteiger partial charge >= 0.3 is 12.1 Å². The Labute approximate surface area is 160 Å². The van der Waals surface area contributed by atoms with Crippen LogP contribution >= 0.6 is 0 Å². The molecule has 0 aliphatic carbocycles. The van der Waals surface area contributed by atoms with E-state index < -0.39 is 29.7 Å². The molecule has 1 N–H and O–H groups in total. The molecule has 0 saturated heterocycles. The third kappa shape index (κ3) is 6.29. The number of para-hydroxylation sites is 1. The van der Waals surface area contributed by atoms with E-state index in [2.05, 4.69) is 5.32 Å². The zero-order valence-corrected chi connectivity index (χ0v) is 15.4. The van der Waals surface area contributed by atoms with Crippen molar-refractivity contribution in [2.75, 3.05) is 11.9 Å². The maximum Gasteiger partial charge on any atom is 0.416 e. The Morgan fingerprint density at radius 3 is 2.32 bits per heavy atom. The summed E-state index contributed by atoms with van der Waals surface area (Å²) in [5.41, 5.74) is 0.280. The molecule has 5 nitrogen and oxygen atoms in total. The van der Waals surface area contributed by atoms with E-state index in [1.165, 1.54) is 6.92 Å². The summed E-state index contributed by atoms with van der Waals surface area (Å²) in [6.45, 7) is 3.34. The summed E-state index contributed by atoms with van der Waals surface area (Å²) in [6, 6.07) is 11.3. The van der Waals surface area contributed by atoms with Crippen molar-refractivity contribution in [3.8, 4) is 5.75 Å². The van der Waals surface area contributed by atoms with E-state index in [0.717, 1.165) is 29.8 Å². The summed E-state index contributed by atoms with van der Waals surface area (Å²) < 4.78 is 48.1. The zero-order chi connectivity index (χ0) is 20.7. The highest BCUT2D eigenvalue weighted by molar-refractivity contribution is 5.95. The molecule has 1 amide bonds. The SMILES string of the molecule is Cc1ccccc1OCCC(=O)O[C@@H](C)C(=O)Nc1ccc(C(F)(F)F)cc1. The molecule has 0 spiro atoms.